The van der Waals surface area contributed by atoms with Crippen LogP contribution in [0.1, 0.15) is 16.7 Å². The molecule has 0 unspecified atom stereocenters. The second-order valence-electron chi connectivity index (χ2n) is 5.81. The van der Waals surface area contributed by atoms with E-state index in [1.165, 1.54) is 18.2 Å². The fraction of sp³-hybridized carbons (Fsp3) is 0.150. The molecule has 1 amide bonds. The number of amides is 1. The number of hydrogen-bond donors (Lipinski definition) is 2. The van der Waals surface area contributed by atoms with Crippen molar-refractivity contribution >= 4 is 35.2 Å². The molecule has 2 N–H and O–H groups in total. The number of hydrogen-bond acceptors (Lipinski definition) is 4. The van der Waals surface area contributed by atoms with Gasteiger partial charge in [0.1, 0.15) is 17.4 Å². The number of anilines is 1. The molecule has 2 rings (SSSR count). The van der Waals surface area contributed by atoms with Gasteiger partial charge in [-0.3, -0.25) is 4.79 Å². The van der Waals surface area contributed by atoms with Crippen LogP contribution in [0.5, 0.6) is 5.75 Å². The Morgan fingerprint density at radius 3 is 2.59 bits per heavy atom. The zero-order valence-corrected chi connectivity index (χ0v) is 15.5. The van der Waals surface area contributed by atoms with Crippen LogP contribution >= 0.6 is 11.6 Å². The van der Waals surface area contributed by atoms with Gasteiger partial charge in [0.25, 0.3) is 5.91 Å². The summed E-state index contributed by atoms with van der Waals surface area (Å²) in [4.78, 5) is 22.9. The Labute approximate surface area is 161 Å². The minimum absolute atomic E-state index is 0.0924. The number of aliphatic carboxylic acids is 1. The molecule has 0 spiro atoms. The van der Waals surface area contributed by atoms with Crippen LogP contribution in [0.3, 0.4) is 0 Å². The Balaban J connectivity index is 2.19. The monoisotopic (exact) mass is 384 g/mol. The first-order valence-electron chi connectivity index (χ1n) is 7.94. The van der Waals surface area contributed by atoms with E-state index in [1.807, 2.05) is 32.0 Å². The van der Waals surface area contributed by atoms with Crippen molar-refractivity contribution < 1.29 is 19.4 Å². The Morgan fingerprint density at radius 2 is 2.00 bits per heavy atom. The fourth-order valence-corrected chi connectivity index (χ4v) is 2.57. The summed E-state index contributed by atoms with van der Waals surface area (Å²) >= 11 is 6.05. The minimum Gasteiger partial charge on any atom is -0.480 e. The van der Waals surface area contributed by atoms with Gasteiger partial charge in [-0.25, -0.2) is 4.79 Å². The topological polar surface area (TPSA) is 99.4 Å². The number of carboxylic acids is 1. The second kappa shape index (κ2) is 8.88. The zero-order chi connectivity index (χ0) is 20.0. The highest BCUT2D eigenvalue weighted by Gasteiger charge is 2.12. The van der Waals surface area contributed by atoms with Gasteiger partial charge in [-0.05, 0) is 49.2 Å². The van der Waals surface area contributed by atoms with E-state index in [0.29, 0.717) is 11.3 Å². The van der Waals surface area contributed by atoms with Gasteiger partial charge < -0.3 is 15.2 Å². The maximum Gasteiger partial charge on any atom is 0.341 e. The Bertz CT molecular complexity index is 961. The third kappa shape index (κ3) is 5.59. The maximum absolute atomic E-state index is 12.4. The first kappa shape index (κ1) is 20.0. The molecule has 0 bridgehead atoms. The summed E-state index contributed by atoms with van der Waals surface area (Å²) in [6.45, 7) is 3.30. The highest BCUT2D eigenvalue weighted by atomic mass is 35.5. The van der Waals surface area contributed by atoms with Crippen molar-refractivity contribution in [3.05, 3.63) is 63.7 Å². The SMILES string of the molecule is Cc1ccc(NC(=O)/C(C#N)=C/c2ccc(OCC(=O)O)c(Cl)c2)c(C)c1. The highest BCUT2D eigenvalue weighted by Crippen LogP contribution is 2.26. The lowest BCUT2D eigenvalue weighted by Gasteiger charge is -2.09. The number of rotatable bonds is 6. The van der Waals surface area contributed by atoms with Gasteiger partial charge in [0, 0.05) is 5.69 Å². The maximum atomic E-state index is 12.4. The van der Waals surface area contributed by atoms with Crippen LogP contribution in [0.15, 0.2) is 42.0 Å². The Morgan fingerprint density at radius 1 is 1.26 bits per heavy atom. The molecule has 0 saturated heterocycles. The van der Waals surface area contributed by atoms with Gasteiger partial charge in [-0.15, -0.1) is 0 Å². The number of carbonyl (C=O) groups is 2. The van der Waals surface area contributed by atoms with Crippen molar-refractivity contribution in [1.29, 1.82) is 5.26 Å². The predicted octanol–water partition coefficient (Wildman–Crippen LogP) is 3.97. The standard InChI is InChI=1S/C20H17ClN2O4/c1-12-3-5-17(13(2)7-12)23-20(26)15(10-22)8-14-4-6-18(16(21)9-14)27-11-19(24)25/h3-9H,11H2,1-2H3,(H,23,26)(H,24,25)/b15-8+. The normalized spacial score (nSPS) is 10.8. The molecule has 2 aromatic carbocycles. The summed E-state index contributed by atoms with van der Waals surface area (Å²) < 4.78 is 5.04. The van der Waals surface area contributed by atoms with E-state index in [9.17, 15) is 14.9 Å². The van der Waals surface area contributed by atoms with E-state index in [4.69, 9.17) is 21.4 Å². The van der Waals surface area contributed by atoms with Gasteiger partial charge >= 0.3 is 5.97 Å². The molecular formula is C20H17ClN2O4. The highest BCUT2D eigenvalue weighted by molar-refractivity contribution is 6.32. The van der Waals surface area contributed by atoms with Crippen LogP contribution in [0.4, 0.5) is 5.69 Å². The number of benzene rings is 2. The molecule has 0 atom stereocenters. The van der Waals surface area contributed by atoms with Crippen LogP contribution in [0.2, 0.25) is 5.02 Å². The predicted molar refractivity (Wildman–Crippen MR) is 103 cm³/mol. The molecule has 0 aliphatic carbocycles. The first-order chi connectivity index (χ1) is 12.8. The summed E-state index contributed by atoms with van der Waals surface area (Å²) in [5.41, 5.74) is 3.01. The van der Waals surface area contributed by atoms with Crippen molar-refractivity contribution in [2.75, 3.05) is 11.9 Å². The quantitative estimate of drug-likeness (QED) is 0.580. The summed E-state index contributed by atoms with van der Waals surface area (Å²) in [6.07, 6.45) is 1.39. The fourth-order valence-electron chi connectivity index (χ4n) is 2.32. The second-order valence-corrected chi connectivity index (χ2v) is 6.22. The molecule has 27 heavy (non-hydrogen) atoms. The van der Waals surface area contributed by atoms with Gasteiger partial charge in [0.2, 0.25) is 0 Å². The first-order valence-corrected chi connectivity index (χ1v) is 8.32. The molecule has 2 aromatic rings. The van der Waals surface area contributed by atoms with Crippen molar-refractivity contribution in [3.8, 4) is 11.8 Å². The number of nitrogens with one attached hydrogen (secondary N) is 1. The van der Waals surface area contributed by atoms with E-state index < -0.39 is 18.5 Å². The van der Waals surface area contributed by atoms with Crippen molar-refractivity contribution in [3.63, 3.8) is 0 Å². The van der Waals surface area contributed by atoms with E-state index in [1.54, 1.807) is 12.1 Å². The molecule has 0 saturated carbocycles. The van der Waals surface area contributed by atoms with E-state index in [2.05, 4.69) is 5.32 Å². The van der Waals surface area contributed by atoms with E-state index in [0.717, 1.165) is 11.1 Å². The lowest BCUT2D eigenvalue weighted by molar-refractivity contribution is -0.139. The van der Waals surface area contributed by atoms with E-state index in [-0.39, 0.29) is 16.3 Å². The van der Waals surface area contributed by atoms with E-state index >= 15 is 0 Å². The lowest BCUT2D eigenvalue weighted by atomic mass is 10.1. The number of aryl methyl sites for hydroxylation is 2. The minimum atomic E-state index is -1.12. The number of ether oxygens (including phenoxy) is 1. The summed E-state index contributed by atoms with van der Waals surface area (Å²) in [5, 5.41) is 20.8. The summed E-state index contributed by atoms with van der Waals surface area (Å²) in [7, 11) is 0. The largest absolute Gasteiger partial charge is 0.480 e. The third-order valence-corrected chi connectivity index (χ3v) is 3.91. The van der Waals surface area contributed by atoms with Gasteiger partial charge in [-0.2, -0.15) is 5.26 Å². The molecule has 0 heterocycles. The molecule has 138 valence electrons. The zero-order valence-electron chi connectivity index (χ0n) is 14.7. The molecule has 7 heteroatoms. The Kier molecular flexibility index (Phi) is 6.58. The number of nitrogens with zero attached hydrogens (tertiary/aromatic N) is 1. The van der Waals surface area contributed by atoms with Crippen LogP contribution in [0.25, 0.3) is 6.08 Å². The lowest BCUT2D eigenvalue weighted by Crippen LogP contribution is -2.14. The van der Waals surface area contributed by atoms with Gasteiger partial charge in [0.15, 0.2) is 6.61 Å². The molecule has 0 radical (unpaired) electrons. The van der Waals surface area contributed by atoms with Crippen LogP contribution in [-0.2, 0) is 9.59 Å². The molecule has 6 nitrogen and oxygen atoms in total. The van der Waals surface area contributed by atoms with Crippen LogP contribution in [-0.4, -0.2) is 23.6 Å². The molecule has 0 aliphatic rings. The van der Waals surface area contributed by atoms with Gasteiger partial charge in [0.05, 0.1) is 5.02 Å². The number of nitriles is 1. The Hall–Kier alpha value is -3.30. The third-order valence-electron chi connectivity index (χ3n) is 3.61. The molecule has 0 aliphatic heterocycles. The number of halogens is 1. The smallest absolute Gasteiger partial charge is 0.341 e. The van der Waals surface area contributed by atoms with Crippen LogP contribution in [0, 0.1) is 25.2 Å². The van der Waals surface area contributed by atoms with Crippen LogP contribution < -0.4 is 10.1 Å². The molecule has 0 aromatic heterocycles. The summed E-state index contributed by atoms with van der Waals surface area (Å²) in [5.74, 6) is -1.45. The average molecular weight is 385 g/mol. The van der Waals surface area contributed by atoms with Crippen molar-refractivity contribution in [1.82, 2.24) is 0 Å². The average Bonchev–Trinajstić information content (AvgIpc) is 2.61. The molecular weight excluding hydrogens is 368 g/mol. The summed E-state index contributed by atoms with van der Waals surface area (Å²) in [6, 6.07) is 12.0. The van der Waals surface area contributed by atoms with Gasteiger partial charge in [-0.1, -0.05) is 35.4 Å². The number of carboxylic acid groups (broad SMARTS) is 1. The number of carbonyl (C=O) groups excluding carboxylic acids is 1. The van der Waals surface area contributed by atoms with Crippen molar-refractivity contribution in [2.45, 2.75) is 13.8 Å². The molecule has 0 fully saturated rings. The van der Waals surface area contributed by atoms with Crippen molar-refractivity contribution in [2.24, 2.45) is 0 Å².